The summed E-state index contributed by atoms with van der Waals surface area (Å²) in [5, 5.41) is 0. The van der Waals surface area contributed by atoms with E-state index in [1.54, 1.807) is 19.4 Å². The molecule has 0 saturated heterocycles. The van der Waals surface area contributed by atoms with Crippen molar-refractivity contribution in [1.29, 1.82) is 0 Å². The average molecular weight is 261 g/mol. The maximum atomic E-state index is 14.1. The van der Waals surface area contributed by atoms with Crippen molar-refractivity contribution in [3.05, 3.63) is 23.6 Å². The van der Waals surface area contributed by atoms with Crippen LogP contribution >= 0.6 is 11.6 Å². The van der Waals surface area contributed by atoms with Gasteiger partial charge in [0.05, 0.1) is 12.5 Å². The lowest BCUT2D eigenvalue weighted by molar-refractivity contribution is 0.203. The lowest BCUT2D eigenvalue weighted by atomic mass is 10.2. The van der Waals surface area contributed by atoms with Gasteiger partial charge in [0.2, 0.25) is 0 Å². The highest BCUT2D eigenvalue weighted by atomic mass is 35.5. The van der Waals surface area contributed by atoms with E-state index in [1.807, 2.05) is 18.7 Å². The lowest BCUT2D eigenvalue weighted by Gasteiger charge is -2.28. The second kappa shape index (κ2) is 6.77. The van der Waals surface area contributed by atoms with Gasteiger partial charge in [-0.15, -0.1) is 11.6 Å². The predicted octanol–water partition coefficient (Wildman–Crippen LogP) is 2.82. The number of nitrogens with zero attached hydrogens (tertiary/aromatic N) is 2. The molecule has 96 valence electrons. The fourth-order valence-electron chi connectivity index (χ4n) is 1.57. The summed E-state index contributed by atoms with van der Waals surface area (Å²) in [6, 6.07) is 1.75. The number of alkyl halides is 1. The molecule has 0 aliphatic rings. The molecule has 0 aromatic carbocycles. The molecule has 0 saturated carbocycles. The number of halogens is 2. The Balaban J connectivity index is 3.01. The van der Waals surface area contributed by atoms with Crippen LogP contribution in [0.25, 0.3) is 0 Å². The van der Waals surface area contributed by atoms with Crippen molar-refractivity contribution in [1.82, 2.24) is 4.98 Å². The van der Waals surface area contributed by atoms with E-state index >= 15 is 0 Å². The van der Waals surface area contributed by atoms with E-state index in [2.05, 4.69) is 4.98 Å². The van der Waals surface area contributed by atoms with Gasteiger partial charge in [0.15, 0.2) is 11.6 Å². The van der Waals surface area contributed by atoms with Gasteiger partial charge < -0.3 is 9.64 Å². The first-order valence-corrected chi connectivity index (χ1v) is 6.10. The molecule has 0 unspecified atom stereocenters. The Labute approximate surface area is 107 Å². The standard InChI is InChI=1S/C12H18ClFN2O/c1-9(2)16(6-7-17-3)12-11(14)10(8-13)4-5-15-12/h4-5,9H,6-8H2,1-3H3. The summed E-state index contributed by atoms with van der Waals surface area (Å²) < 4.78 is 19.1. The Morgan fingerprint density at radius 3 is 2.76 bits per heavy atom. The van der Waals surface area contributed by atoms with Crippen molar-refractivity contribution in [2.75, 3.05) is 25.2 Å². The zero-order valence-corrected chi connectivity index (χ0v) is 11.2. The van der Waals surface area contributed by atoms with Crippen LogP contribution in [0.4, 0.5) is 10.2 Å². The van der Waals surface area contributed by atoms with Crippen LogP contribution in [0.15, 0.2) is 12.3 Å². The molecule has 0 radical (unpaired) electrons. The Kier molecular flexibility index (Phi) is 5.65. The van der Waals surface area contributed by atoms with Gasteiger partial charge in [-0.3, -0.25) is 0 Å². The largest absolute Gasteiger partial charge is 0.383 e. The molecule has 0 aliphatic heterocycles. The van der Waals surface area contributed by atoms with Crippen LogP contribution < -0.4 is 4.90 Å². The van der Waals surface area contributed by atoms with E-state index in [9.17, 15) is 4.39 Å². The van der Waals surface area contributed by atoms with E-state index in [1.165, 1.54) is 0 Å². The second-order valence-electron chi connectivity index (χ2n) is 4.02. The summed E-state index contributed by atoms with van der Waals surface area (Å²) in [6.07, 6.45) is 1.58. The number of hydrogen-bond donors (Lipinski definition) is 0. The fourth-order valence-corrected chi connectivity index (χ4v) is 1.78. The van der Waals surface area contributed by atoms with Crippen LogP contribution in [-0.2, 0) is 10.6 Å². The van der Waals surface area contributed by atoms with Gasteiger partial charge in [-0.2, -0.15) is 0 Å². The Bertz CT molecular complexity index is 360. The van der Waals surface area contributed by atoms with Crippen LogP contribution in [0, 0.1) is 5.82 Å². The van der Waals surface area contributed by atoms with Crippen molar-refractivity contribution >= 4 is 17.4 Å². The van der Waals surface area contributed by atoms with E-state index in [-0.39, 0.29) is 17.7 Å². The third kappa shape index (κ3) is 3.54. The number of ether oxygens (including phenoxy) is 1. The van der Waals surface area contributed by atoms with Crippen LogP contribution in [0.2, 0.25) is 0 Å². The van der Waals surface area contributed by atoms with Gasteiger partial charge in [-0.05, 0) is 19.9 Å². The van der Waals surface area contributed by atoms with E-state index in [0.717, 1.165) is 0 Å². The zero-order valence-electron chi connectivity index (χ0n) is 10.4. The minimum Gasteiger partial charge on any atom is -0.383 e. The summed E-state index contributed by atoms with van der Waals surface area (Å²) in [5.41, 5.74) is 0.472. The van der Waals surface area contributed by atoms with Gasteiger partial charge >= 0.3 is 0 Å². The smallest absolute Gasteiger partial charge is 0.170 e. The Morgan fingerprint density at radius 1 is 1.53 bits per heavy atom. The molecule has 1 aromatic rings. The summed E-state index contributed by atoms with van der Waals surface area (Å²) >= 11 is 5.68. The predicted molar refractivity (Wildman–Crippen MR) is 68.1 cm³/mol. The van der Waals surface area contributed by atoms with Crippen LogP contribution in [0.5, 0.6) is 0 Å². The first-order chi connectivity index (χ1) is 8.11. The van der Waals surface area contributed by atoms with E-state index < -0.39 is 0 Å². The van der Waals surface area contributed by atoms with Crippen LogP contribution in [0.3, 0.4) is 0 Å². The molecular weight excluding hydrogens is 243 g/mol. The zero-order chi connectivity index (χ0) is 12.8. The third-order valence-corrected chi connectivity index (χ3v) is 2.81. The van der Waals surface area contributed by atoms with Crippen molar-refractivity contribution in [2.45, 2.75) is 25.8 Å². The quantitative estimate of drug-likeness (QED) is 0.736. The molecule has 0 spiro atoms. The highest BCUT2D eigenvalue weighted by Crippen LogP contribution is 2.22. The minimum atomic E-state index is -0.340. The van der Waals surface area contributed by atoms with E-state index in [4.69, 9.17) is 16.3 Å². The molecule has 1 rings (SSSR count). The van der Waals surface area contributed by atoms with Gasteiger partial charge in [-0.1, -0.05) is 0 Å². The highest BCUT2D eigenvalue weighted by molar-refractivity contribution is 6.17. The molecule has 17 heavy (non-hydrogen) atoms. The molecular formula is C12H18ClFN2O. The van der Waals surface area contributed by atoms with Crippen molar-refractivity contribution in [3.63, 3.8) is 0 Å². The van der Waals surface area contributed by atoms with Crippen molar-refractivity contribution in [2.24, 2.45) is 0 Å². The third-order valence-electron chi connectivity index (χ3n) is 2.53. The first-order valence-electron chi connectivity index (χ1n) is 5.56. The molecule has 0 amide bonds. The lowest BCUT2D eigenvalue weighted by Crippen LogP contribution is -2.35. The molecule has 0 aliphatic carbocycles. The van der Waals surface area contributed by atoms with E-state index in [0.29, 0.717) is 24.5 Å². The topological polar surface area (TPSA) is 25.4 Å². The number of methoxy groups -OCH3 is 1. The van der Waals surface area contributed by atoms with Gasteiger partial charge in [0.1, 0.15) is 0 Å². The second-order valence-corrected chi connectivity index (χ2v) is 4.29. The summed E-state index contributed by atoms with van der Waals surface area (Å²) in [7, 11) is 1.62. The molecule has 0 fully saturated rings. The molecule has 1 aromatic heterocycles. The number of pyridine rings is 1. The normalized spacial score (nSPS) is 10.9. The molecule has 0 atom stereocenters. The molecule has 5 heteroatoms. The molecule has 1 heterocycles. The van der Waals surface area contributed by atoms with Gasteiger partial charge in [0.25, 0.3) is 0 Å². The monoisotopic (exact) mass is 260 g/mol. The van der Waals surface area contributed by atoms with Gasteiger partial charge in [-0.25, -0.2) is 9.37 Å². The number of aromatic nitrogens is 1. The molecule has 0 bridgehead atoms. The SMILES string of the molecule is COCCN(c1nccc(CCl)c1F)C(C)C. The maximum absolute atomic E-state index is 14.1. The molecule has 3 nitrogen and oxygen atoms in total. The van der Waals surface area contributed by atoms with Crippen molar-refractivity contribution < 1.29 is 9.13 Å². The van der Waals surface area contributed by atoms with Gasteiger partial charge in [0, 0.05) is 31.5 Å². The Morgan fingerprint density at radius 2 is 2.24 bits per heavy atom. The summed E-state index contributed by atoms with van der Waals surface area (Å²) in [4.78, 5) is 5.97. The number of anilines is 1. The fraction of sp³-hybridized carbons (Fsp3) is 0.583. The van der Waals surface area contributed by atoms with Crippen LogP contribution in [-0.4, -0.2) is 31.3 Å². The Hall–Kier alpha value is -0.870. The summed E-state index contributed by atoms with van der Waals surface area (Å²) in [6.45, 7) is 5.11. The maximum Gasteiger partial charge on any atom is 0.170 e. The van der Waals surface area contributed by atoms with Crippen LogP contribution in [0.1, 0.15) is 19.4 Å². The molecule has 0 N–H and O–H groups in total. The number of hydrogen-bond acceptors (Lipinski definition) is 3. The highest BCUT2D eigenvalue weighted by Gasteiger charge is 2.18. The first kappa shape index (κ1) is 14.2. The summed E-state index contributed by atoms with van der Waals surface area (Å²) in [5.74, 6) is 0.153. The number of rotatable bonds is 6. The van der Waals surface area contributed by atoms with Crippen molar-refractivity contribution in [3.8, 4) is 0 Å². The average Bonchev–Trinajstić information content (AvgIpc) is 2.31. The minimum absolute atomic E-state index is 0.150.